The maximum Gasteiger partial charge on any atom is 0.244 e. The van der Waals surface area contributed by atoms with E-state index in [0.29, 0.717) is 10.9 Å². The molecule has 1 amide bonds. The summed E-state index contributed by atoms with van der Waals surface area (Å²) in [5, 5.41) is 9.89. The first-order valence-electron chi connectivity index (χ1n) is 8.11. The average molecular weight is 323 g/mol. The Morgan fingerprint density at radius 3 is 2.55 bits per heavy atom. The lowest BCUT2D eigenvalue weighted by molar-refractivity contribution is -0.126. The van der Waals surface area contributed by atoms with Crippen LogP contribution in [0.15, 0.2) is 24.3 Å². The van der Waals surface area contributed by atoms with E-state index in [4.69, 9.17) is 11.6 Å². The van der Waals surface area contributed by atoms with Crippen LogP contribution >= 0.6 is 11.6 Å². The van der Waals surface area contributed by atoms with Crippen LogP contribution in [0.5, 0.6) is 0 Å². The summed E-state index contributed by atoms with van der Waals surface area (Å²) in [5.41, 5.74) is 0.823. The van der Waals surface area contributed by atoms with Gasteiger partial charge in [0, 0.05) is 13.2 Å². The summed E-state index contributed by atoms with van der Waals surface area (Å²) in [4.78, 5) is 17.0. The second kappa shape index (κ2) is 6.99. The molecule has 1 N–H and O–H groups in total. The van der Waals surface area contributed by atoms with Gasteiger partial charge in [-0.1, -0.05) is 23.7 Å². The lowest BCUT2D eigenvalue weighted by Crippen LogP contribution is -2.54. The fourth-order valence-electron chi connectivity index (χ4n) is 3.55. The van der Waals surface area contributed by atoms with E-state index in [0.717, 1.165) is 51.0 Å². The lowest BCUT2D eigenvalue weighted by Gasteiger charge is -2.41. The number of carbonyl (C=O) groups is 1. The number of amides is 1. The van der Waals surface area contributed by atoms with Gasteiger partial charge in [0.25, 0.3) is 0 Å². The second-order valence-corrected chi connectivity index (χ2v) is 6.67. The summed E-state index contributed by atoms with van der Waals surface area (Å²) >= 11 is 6.26. The Kier molecular flexibility index (Phi) is 5.01. The SMILES string of the molecule is O=C1C(N2CCC(CO)CC2)CCCN1c1ccccc1Cl. The molecule has 1 aromatic rings. The number of hydrogen-bond acceptors (Lipinski definition) is 3. The Morgan fingerprint density at radius 1 is 1.14 bits per heavy atom. The number of likely N-dealkylation sites (tertiary alicyclic amines) is 1. The van der Waals surface area contributed by atoms with Crippen molar-refractivity contribution in [1.82, 2.24) is 4.90 Å². The minimum Gasteiger partial charge on any atom is -0.396 e. The maximum absolute atomic E-state index is 12.9. The first kappa shape index (κ1) is 15.8. The van der Waals surface area contributed by atoms with Crippen molar-refractivity contribution in [3.8, 4) is 0 Å². The highest BCUT2D eigenvalue weighted by atomic mass is 35.5. The van der Waals surface area contributed by atoms with Gasteiger partial charge in [-0.15, -0.1) is 0 Å². The molecule has 0 spiro atoms. The standard InChI is InChI=1S/C17H23ClN2O2/c18-14-4-1-2-5-15(14)20-9-3-6-16(17(20)22)19-10-7-13(12-21)8-11-19/h1-2,4-5,13,16,21H,3,6-12H2. The van der Waals surface area contributed by atoms with Crippen LogP contribution in [0.25, 0.3) is 0 Å². The summed E-state index contributed by atoms with van der Waals surface area (Å²) < 4.78 is 0. The van der Waals surface area contributed by atoms with Crippen molar-refractivity contribution in [1.29, 1.82) is 0 Å². The van der Waals surface area contributed by atoms with Crippen LogP contribution in [0.1, 0.15) is 25.7 Å². The molecular weight excluding hydrogens is 300 g/mol. The van der Waals surface area contributed by atoms with E-state index in [-0.39, 0.29) is 18.6 Å². The Hall–Kier alpha value is -1.10. The summed E-state index contributed by atoms with van der Waals surface area (Å²) in [6.45, 7) is 2.81. The molecule has 0 radical (unpaired) electrons. The molecule has 3 rings (SSSR count). The predicted molar refractivity (Wildman–Crippen MR) is 88.2 cm³/mol. The fourth-order valence-corrected chi connectivity index (χ4v) is 3.79. The summed E-state index contributed by atoms with van der Waals surface area (Å²) in [5.74, 6) is 0.566. The Bertz CT molecular complexity index is 529. The number of aliphatic hydroxyl groups excluding tert-OH is 1. The van der Waals surface area contributed by atoms with E-state index in [2.05, 4.69) is 4.90 Å². The van der Waals surface area contributed by atoms with Gasteiger partial charge in [0.05, 0.1) is 16.8 Å². The molecule has 22 heavy (non-hydrogen) atoms. The Morgan fingerprint density at radius 2 is 1.86 bits per heavy atom. The molecule has 2 saturated heterocycles. The van der Waals surface area contributed by atoms with Crippen LogP contribution in [0, 0.1) is 5.92 Å². The molecule has 5 heteroatoms. The van der Waals surface area contributed by atoms with Gasteiger partial charge in [0.15, 0.2) is 0 Å². The number of aliphatic hydroxyl groups is 1. The van der Waals surface area contributed by atoms with Gasteiger partial charge in [0.2, 0.25) is 5.91 Å². The van der Waals surface area contributed by atoms with E-state index in [9.17, 15) is 9.90 Å². The van der Waals surface area contributed by atoms with Crippen molar-refractivity contribution in [3.05, 3.63) is 29.3 Å². The predicted octanol–water partition coefficient (Wildman–Crippen LogP) is 2.54. The Balaban J connectivity index is 1.72. The molecule has 2 aliphatic heterocycles. The Labute approximate surface area is 136 Å². The molecule has 2 fully saturated rings. The van der Waals surface area contributed by atoms with Crippen LogP contribution in [0.2, 0.25) is 5.02 Å². The van der Waals surface area contributed by atoms with Crippen molar-refractivity contribution in [2.75, 3.05) is 31.1 Å². The normalized spacial score (nSPS) is 24.7. The molecule has 1 atom stereocenters. The van der Waals surface area contributed by atoms with Crippen LogP contribution < -0.4 is 4.90 Å². The largest absolute Gasteiger partial charge is 0.396 e. The number of rotatable bonds is 3. The van der Waals surface area contributed by atoms with Gasteiger partial charge < -0.3 is 10.0 Å². The highest BCUT2D eigenvalue weighted by Crippen LogP contribution is 2.31. The molecule has 2 aliphatic rings. The van der Waals surface area contributed by atoms with Crippen LogP contribution in [-0.2, 0) is 4.79 Å². The molecule has 4 nitrogen and oxygen atoms in total. The van der Waals surface area contributed by atoms with Gasteiger partial charge in [-0.2, -0.15) is 0 Å². The van der Waals surface area contributed by atoms with Crippen molar-refractivity contribution in [2.24, 2.45) is 5.92 Å². The van der Waals surface area contributed by atoms with E-state index in [1.54, 1.807) is 0 Å². The summed E-state index contributed by atoms with van der Waals surface area (Å²) in [6, 6.07) is 7.52. The maximum atomic E-state index is 12.9. The molecule has 0 bridgehead atoms. The van der Waals surface area contributed by atoms with E-state index < -0.39 is 0 Å². The van der Waals surface area contributed by atoms with Gasteiger partial charge in [-0.25, -0.2) is 0 Å². The van der Waals surface area contributed by atoms with Gasteiger partial charge >= 0.3 is 0 Å². The minimum absolute atomic E-state index is 0.0373. The monoisotopic (exact) mass is 322 g/mol. The third-order valence-electron chi connectivity index (χ3n) is 4.90. The van der Waals surface area contributed by atoms with Gasteiger partial charge in [-0.05, 0) is 56.8 Å². The number of hydrogen-bond donors (Lipinski definition) is 1. The molecular formula is C17H23ClN2O2. The smallest absolute Gasteiger partial charge is 0.244 e. The minimum atomic E-state index is -0.0373. The first-order valence-corrected chi connectivity index (χ1v) is 8.49. The van der Waals surface area contributed by atoms with Crippen molar-refractivity contribution >= 4 is 23.2 Å². The van der Waals surface area contributed by atoms with Crippen LogP contribution in [0.3, 0.4) is 0 Å². The average Bonchev–Trinajstić information content (AvgIpc) is 2.56. The molecule has 0 saturated carbocycles. The van der Waals surface area contributed by atoms with Crippen molar-refractivity contribution in [2.45, 2.75) is 31.7 Å². The highest BCUT2D eigenvalue weighted by Gasteiger charge is 2.36. The first-order chi connectivity index (χ1) is 10.7. The fraction of sp³-hybridized carbons (Fsp3) is 0.588. The lowest BCUT2D eigenvalue weighted by atomic mass is 9.94. The molecule has 120 valence electrons. The number of nitrogens with zero attached hydrogens (tertiary/aromatic N) is 2. The molecule has 2 heterocycles. The zero-order valence-corrected chi connectivity index (χ0v) is 13.5. The summed E-state index contributed by atoms with van der Waals surface area (Å²) in [7, 11) is 0. The number of anilines is 1. The van der Waals surface area contributed by atoms with E-state index >= 15 is 0 Å². The number of halogens is 1. The van der Waals surface area contributed by atoms with Gasteiger partial charge in [-0.3, -0.25) is 9.69 Å². The van der Waals surface area contributed by atoms with E-state index in [1.165, 1.54) is 0 Å². The molecule has 1 unspecified atom stereocenters. The van der Waals surface area contributed by atoms with E-state index in [1.807, 2.05) is 29.2 Å². The van der Waals surface area contributed by atoms with Crippen molar-refractivity contribution in [3.63, 3.8) is 0 Å². The second-order valence-electron chi connectivity index (χ2n) is 6.26. The quantitative estimate of drug-likeness (QED) is 0.930. The zero-order valence-electron chi connectivity index (χ0n) is 12.7. The topological polar surface area (TPSA) is 43.8 Å². The van der Waals surface area contributed by atoms with Gasteiger partial charge in [0.1, 0.15) is 0 Å². The van der Waals surface area contributed by atoms with Crippen molar-refractivity contribution < 1.29 is 9.90 Å². The highest BCUT2D eigenvalue weighted by molar-refractivity contribution is 6.33. The number of benzene rings is 1. The molecule has 1 aromatic carbocycles. The third-order valence-corrected chi connectivity index (χ3v) is 5.22. The number of carbonyl (C=O) groups excluding carboxylic acids is 1. The number of para-hydroxylation sites is 1. The molecule has 0 aliphatic carbocycles. The van der Waals surface area contributed by atoms with Crippen LogP contribution in [0.4, 0.5) is 5.69 Å². The van der Waals surface area contributed by atoms with Crippen LogP contribution in [-0.4, -0.2) is 48.2 Å². The zero-order chi connectivity index (χ0) is 15.5. The molecule has 0 aromatic heterocycles. The number of piperidine rings is 2. The third kappa shape index (κ3) is 3.14. The summed E-state index contributed by atoms with van der Waals surface area (Å²) in [6.07, 6.45) is 3.88.